The van der Waals surface area contributed by atoms with Gasteiger partial charge in [0.2, 0.25) is 0 Å². The van der Waals surface area contributed by atoms with E-state index in [1.54, 1.807) is 0 Å². The van der Waals surface area contributed by atoms with Crippen molar-refractivity contribution in [2.75, 3.05) is 7.11 Å². The van der Waals surface area contributed by atoms with Gasteiger partial charge in [-0.25, -0.2) is 0 Å². The first-order valence-electron chi connectivity index (χ1n) is 7.80. The van der Waals surface area contributed by atoms with Crippen molar-refractivity contribution in [2.45, 2.75) is 45.4 Å². The van der Waals surface area contributed by atoms with Gasteiger partial charge in [-0.3, -0.25) is 4.79 Å². The van der Waals surface area contributed by atoms with Gasteiger partial charge in [0.25, 0.3) is 0 Å². The van der Waals surface area contributed by atoms with Gasteiger partial charge in [0.15, 0.2) is 0 Å². The molecule has 0 spiro atoms. The Hall–Kier alpha value is -1.31. The van der Waals surface area contributed by atoms with E-state index in [1.807, 2.05) is 0 Å². The average molecular weight is 272 g/mol. The zero-order valence-electron chi connectivity index (χ0n) is 12.5. The Kier molecular flexibility index (Phi) is 3.57. The summed E-state index contributed by atoms with van der Waals surface area (Å²) in [6.45, 7) is 2.13. The Morgan fingerprint density at radius 3 is 2.75 bits per heavy atom. The third-order valence-corrected chi connectivity index (χ3v) is 5.64. The topological polar surface area (TPSA) is 26.3 Å². The van der Waals surface area contributed by atoms with Gasteiger partial charge in [-0.05, 0) is 62.0 Å². The number of aryl methyl sites for hydroxylation is 1. The number of carbonyl (C=O) groups excluding carboxylic acids is 1. The van der Waals surface area contributed by atoms with E-state index >= 15 is 0 Å². The molecule has 1 fully saturated rings. The van der Waals surface area contributed by atoms with Gasteiger partial charge in [0.1, 0.15) is 0 Å². The Morgan fingerprint density at radius 1 is 1.25 bits per heavy atom. The van der Waals surface area contributed by atoms with E-state index < -0.39 is 0 Å². The third kappa shape index (κ3) is 2.15. The van der Waals surface area contributed by atoms with Gasteiger partial charge < -0.3 is 4.74 Å². The summed E-state index contributed by atoms with van der Waals surface area (Å²) in [4.78, 5) is 12.3. The van der Waals surface area contributed by atoms with Gasteiger partial charge >= 0.3 is 5.97 Å². The molecule has 2 aliphatic rings. The fourth-order valence-corrected chi connectivity index (χ4v) is 4.52. The summed E-state index contributed by atoms with van der Waals surface area (Å²) in [6.07, 6.45) is 6.74. The highest BCUT2D eigenvalue weighted by Crippen LogP contribution is 2.49. The molecule has 3 rings (SSSR count). The van der Waals surface area contributed by atoms with E-state index in [-0.39, 0.29) is 11.4 Å². The van der Waals surface area contributed by atoms with Crippen LogP contribution in [0.25, 0.3) is 0 Å². The van der Waals surface area contributed by atoms with Crippen LogP contribution in [0, 0.1) is 17.3 Å². The molecule has 0 aromatic heterocycles. The first kappa shape index (κ1) is 13.7. The maximum Gasteiger partial charge on any atom is 0.311 e. The van der Waals surface area contributed by atoms with Gasteiger partial charge in [-0.2, -0.15) is 0 Å². The fourth-order valence-electron chi connectivity index (χ4n) is 4.52. The zero-order chi connectivity index (χ0) is 14.2. The quantitative estimate of drug-likeness (QED) is 0.727. The molecule has 2 heteroatoms. The second kappa shape index (κ2) is 5.23. The SMILES string of the molecule is COC(=O)[C@]1(C)CCC[C@@H]2Cc3ccccc3CC[C@H]21. The van der Waals surface area contributed by atoms with E-state index in [1.165, 1.54) is 24.7 Å². The third-order valence-electron chi connectivity index (χ3n) is 5.64. The highest BCUT2D eigenvalue weighted by atomic mass is 16.5. The molecule has 0 bridgehead atoms. The van der Waals surface area contributed by atoms with Crippen LogP contribution in [0.15, 0.2) is 24.3 Å². The molecule has 0 aliphatic heterocycles. The summed E-state index contributed by atoms with van der Waals surface area (Å²) in [5.41, 5.74) is 2.70. The zero-order valence-corrected chi connectivity index (χ0v) is 12.5. The second-order valence-electron chi connectivity index (χ2n) is 6.68. The Balaban J connectivity index is 1.92. The van der Waals surface area contributed by atoms with Crippen LogP contribution < -0.4 is 0 Å². The van der Waals surface area contributed by atoms with Crippen LogP contribution >= 0.6 is 0 Å². The lowest BCUT2D eigenvalue weighted by Crippen LogP contribution is -2.44. The molecule has 2 aliphatic carbocycles. The monoisotopic (exact) mass is 272 g/mol. The summed E-state index contributed by atoms with van der Waals surface area (Å²) < 4.78 is 5.12. The molecule has 0 unspecified atom stereocenters. The van der Waals surface area contributed by atoms with E-state index in [4.69, 9.17) is 4.74 Å². The van der Waals surface area contributed by atoms with Gasteiger partial charge in [-0.1, -0.05) is 30.7 Å². The van der Waals surface area contributed by atoms with Crippen molar-refractivity contribution in [2.24, 2.45) is 17.3 Å². The molecule has 0 N–H and O–H groups in total. The summed E-state index contributed by atoms with van der Waals surface area (Å²) in [7, 11) is 1.53. The molecular weight excluding hydrogens is 248 g/mol. The molecule has 0 amide bonds. The van der Waals surface area contributed by atoms with Crippen LogP contribution in [0.4, 0.5) is 0 Å². The highest BCUT2D eigenvalue weighted by Gasteiger charge is 2.48. The summed E-state index contributed by atoms with van der Waals surface area (Å²) >= 11 is 0. The predicted molar refractivity (Wildman–Crippen MR) is 79.4 cm³/mol. The van der Waals surface area contributed by atoms with Crippen molar-refractivity contribution >= 4 is 5.97 Å². The lowest BCUT2D eigenvalue weighted by molar-refractivity contribution is -0.160. The summed E-state index contributed by atoms with van der Waals surface area (Å²) in [6, 6.07) is 8.79. The maximum atomic E-state index is 12.3. The second-order valence-corrected chi connectivity index (χ2v) is 6.68. The largest absolute Gasteiger partial charge is 0.469 e. The molecule has 1 saturated carbocycles. The Bertz CT molecular complexity index is 508. The number of methoxy groups -OCH3 is 1. The van der Waals surface area contributed by atoms with E-state index in [0.29, 0.717) is 11.8 Å². The minimum atomic E-state index is -0.278. The molecule has 0 saturated heterocycles. The fraction of sp³-hybridized carbons (Fsp3) is 0.611. The number of benzene rings is 1. The molecule has 108 valence electrons. The Labute approximate surface area is 121 Å². The minimum absolute atomic E-state index is 0.00171. The Morgan fingerprint density at radius 2 is 2.00 bits per heavy atom. The molecule has 1 aromatic rings. The average Bonchev–Trinajstić information content (AvgIpc) is 2.66. The molecule has 0 radical (unpaired) electrons. The number of hydrogen-bond donors (Lipinski definition) is 0. The minimum Gasteiger partial charge on any atom is -0.469 e. The van der Waals surface area contributed by atoms with Crippen LogP contribution in [0.2, 0.25) is 0 Å². The summed E-state index contributed by atoms with van der Waals surface area (Å²) in [5, 5.41) is 0. The normalized spacial score (nSPS) is 32.7. The molecule has 3 atom stereocenters. The molecule has 0 heterocycles. The maximum absolute atomic E-state index is 12.3. The van der Waals surface area contributed by atoms with Crippen molar-refractivity contribution in [3.8, 4) is 0 Å². The lowest BCUT2D eigenvalue weighted by Gasteiger charge is -2.43. The first-order valence-corrected chi connectivity index (χ1v) is 7.80. The number of rotatable bonds is 1. The molecule has 1 aromatic carbocycles. The van der Waals surface area contributed by atoms with Gasteiger partial charge in [0.05, 0.1) is 12.5 Å². The predicted octanol–water partition coefficient (Wildman–Crippen LogP) is 3.77. The smallest absolute Gasteiger partial charge is 0.311 e. The van der Waals surface area contributed by atoms with E-state index in [2.05, 4.69) is 31.2 Å². The van der Waals surface area contributed by atoms with Crippen LogP contribution in [0.3, 0.4) is 0 Å². The van der Waals surface area contributed by atoms with Gasteiger partial charge in [0, 0.05) is 0 Å². The van der Waals surface area contributed by atoms with Crippen molar-refractivity contribution in [3.05, 3.63) is 35.4 Å². The first-order chi connectivity index (χ1) is 9.65. The molecule has 20 heavy (non-hydrogen) atoms. The van der Waals surface area contributed by atoms with Crippen molar-refractivity contribution < 1.29 is 9.53 Å². The highest BCUT2D eigenvalue weighted by molar-refractivity contribution is 5.77. The standard InChI is InChI=1S/C18H24O2/c1-18(17(19)20-2)11-5-8-15-12-14-7-4-3-6-13(14)9-10-16(15)18/h3-4,6-7,15-16H,5,8-12H2,1-2H3/t15-,16-,18-/m1/s1. The molecule has 2 nitrogen and oxygen atoms in total. The van der Waals surface area contributed by atoms with Crippen molar-refractivity contribution in [1.29, 1.82) is 0 Å². The van der Waals surface area contributed by atoms with Crippen molar-refractivity contribution in [1.82, 2.24) is 0 Å². The van der Waals surface area contributed by atoms with Crippen molar-refractivity contribution in [3.63, 3.8) is 0 Å². The lowest BCUT2D eigenvalue weighted by atomic mass is 9.60. The number of hydrogen-bond acceptors (Lipinski definition) is 2. The van der Waals surface area contributed by atoms with Gasteiger partial charge in [-0.15, -0.1) is 0 Å². The number of carbonyl (C=O) groups is 1. The van der Waals surface area contributed by atoms with E-state index in [0.717, 1.165) is 32.1 Å². The summed E-state index contributed by atoms with van der Waals surface area (Å²) in [5.74, 6) is 1.10. The van der Waals surface area contributed by atoms with Crippen LogP contribution in [0.5, 0.6) is 0 Å². The van der Waals surface area contributed by atoms with Crippen LogP contribution in [-0.4, -0.2) is 13.1 Å². The van der Waals surface area contributed by atoms with Crippen LogP contribution in [-0.2, 0) is 22.4 Å². The number of fused-ring (bicyclic) bond motifs is 2. The van der Waals surface area contributed by atoms with E-state index in [9.17, 15) is 4.79 Å². The number of esters is 1. The number of ether oxygens (including phenoxy) is 1. The molecular formula is C18H24O2. The van der Waals surface area contributed by atoms with Crippen LogP contribution in [0.1, 0.15) is 43.7 Å².